The molecule has 3 heterocycles. The number of nitrogens with one attached hydrogen (secondary N) is 1. The molecule has 0 saturated carbocycles. The fourth-order valence-corrected chi connectivity index (χ4v) is 4.49. The van der Waals surface area contributed by atoms with Crippen LogP contribution in [-0.2, 0) is 4.79 Å². The van der Waals surface area contributed by atoms with Crippen LogP contribution in [0.4, 0.5) is 5.13 Å². The second kappa shape index (κ2) is 7.72. The SMILES string of the molecule is CCOc1ccc2nc(NC(=O)CSc3nnc4cc(C)nc(C)n34)sc2c1. The molecule has 0 fully saturated rings. The summed E-state index contributed by atoms with van der Waals surface area (Å²) in [6.45, 7) is 6.36. The third-order valence-electron chi connectivity index (χ3n) is 3.91. The fourth-order valence-electron chi connectivity index (χ4n) is 2.80. The summed E-state index contributed by atoms with van der Waals surface area (Å²) in [4.78, 5) is 21.2. The van der Waals surface area contributed by atoms with Crippen molar-refractivity contribution < 1.29 is 9.53 Å². The number of thiazole rings is 1. The molecule has 0 aliphatic rings. The van der Waals surface area contributed by atoms with Crippen molar-refractivity contribution in [2.24, 2.45) is 0 Å². The van der Waals surface area contributed by atoms with E-state index in [1.807, 2.05) is 49.4 Å². The molecule has 28 heavy (non-hydrogen) atoms. The van der Waals surface area contributed by atoms with E-state index in [1.54, 1.807) is 0 Å². The Bertz CT molecular complexity index is 1170. The van der Waals surface area contributed by atoms with Crippen molar-refractivity contribution in [2.75, 3.05) is 17.7 Å². The zero-order valence-electron chi connectivity index (χ0n) is 15.6. The molecular formula is C18H18N6O2S2. The summed E-state index contributed by atoms with van der Waals surface area (Å²) < 4.78 is 8.32. The summed E-state index contributed by atoms with van der Waals surface area (Å²) in [6.07, 6.45) is 0. The summed E-state index contributed by atoms with van der Waals surface area (Å²) in [7, 11) is 0. The third-order valence-corrected chi connectivity index (χ3v) is 5.77. The van der Waals surface area contributed by atoms with Gasteiger partial charge in [0, 0.05) is 11.8 Å². The quantitative estimate of drug-likeness (QED) is 0.483. The molecule has 1 amide bonds. The van der Waals surface area contributed by atoms with Crippen molar-refractivity contribution in [1.29, 1.82) is 0 Å². The van der Waals surface area contributed by atoms with Gasteiger partial charge >= 0.3 is 0 Å². The first-order valence-electron chi connectivity index (χ1n) is 8.69. The molecule has 0 radical (unpaired) electrons. The van der Waals surface area contributed by atoms with E-state index in [4.69, 9.17) is 4.74 Å². The minimum absolute atomic E-state index is 0.149. The highest BCUT2D eigenvalue weighted by Crippen LogP contribution is 2.29. The highest BCUT2D eigenvalue weighted by atomic mass is 32.2. The van der Waals surface area contributed by atoms with Crippen molar-refractivity contribution in [2.45, 2.75) is 25.9 Å². The zero-order chi connectivity index (χ0) is 19.7. The van der Waals surface area contributed by atoms with E-state index in [1.165, 1.54) is 23.1 Å². The van der Waals surface area contributed by atoms with Crippen molar-refractivity contribution in [3.8, 4) is 5.75 Å². The number of fused-ring (bicyclic) bond motifs is 2. The van der Waals surface area contributed by atoms with Crippen LogP contribution in [0.2, 0.25) is 0 Å². The Morgan fingerprint density at radius 1 is 1.25 bits per heavy atom. The Morgan fingerprint density at radius 3 is 2.93 bits per heavy atom. The molecule has 0 spiro atoms. The van der Waals surface area contributed by atoms with Gasteiger partial charge in [0.25, 0.3) is 0 Å². The van der Waals surface area contributed by atoms with Gasteiger partial charge in [-0.1, -0.05) is 23.1 Å². The molecular weight excluding hydrogens is 396 g/mol. The first kappa shape index (κ1) is 18.6. The summed E-state index contributed by atoms with van der Waals surface area (Å²) in [5.74, 6) is 1.64. The van der Waals surface area contributed by atoms with E-state index in [9.17, 15) is 4.79 Å². The summed E-state index contributed by atoms with van der Waals surface area (Å²) in [5.41, 5.74) is 2.44. The van der Waals surface area contributed by atoms with Gasteiger partial charge in [-0.15, -0.1) is 10.2 Å². The Labute approximate surface area is 169 Å². The molecule has 0 atom stereocenters. The molecule has 0 unspecified atom stereocenters. The molecule has 0 bridgehead atoms. The maximum atomic E-state index is 12.4. The van der Waals surface area contributed by atoms with Crippen molar-refractivity contribution in [3.05, 3.63) is 35.8 Å². The third kappa shape index (κ3) is 3.78. The number of thioether (sulfide) groups is 1. The Balaban J connectivity index is 1.44. The monoisotopic (exact) mass is 414 g/mol. The van der Waals surface area contributed by atoms with E-state index in [0.717, 1.165) is 33.1 Å². The van der Waals surface area contributed by atoms with Gasteiger partial charge in [0.1, 0.15) is 11.6 Å². The lowest BCUT2D eigenvalue weighted by atomic mass is 10.3. The van der Waals surface area contributed by atoms with Crippen LogP contribution in [0.15, 0.2) is 29.4 Å². The van der Waals surface area contributed by atoms with E-state index in [2.05, 4.69) is 25.5 Å². The van der Waals surface area contributed by atoms with Gasteiger partial charge < -0.3 is 10.1 Å². The van der Waals surface area contributed by atoms with E-state index < -0.39 is 0 Å². The van der Waals surface area contributed by atoms with Gasteiger partial charge in [-0.2, -0.15) is 0 Å². The number of carbonyl (C=O) groups is 1. The largest absolute Gasteiger partial charge is 0.494 e. The van der Waals surface area contributed by atoms with Gasteiger partial charge in [-0.25, -0.2) is 9.97 Å². The lowest BCUT2D eigenvalue weighted by Crippen LogP contribution is -2.14. The van der Waals surface area contributed by atoms with Crippen LogP contribution in [0.5, 0.6) is 5.75 Å². The minimum Gasteiger partial charge on any atom is -0.494 e. The number of hydrogen-bond donors (Lipinski definition) is 1. The van der Waals surface area contributed by atoms with Crippen molar-refractivity contribution in [3.63, 3.8) is 0 Å². The number of ether oxygens (including phenoxy) is 1. The van der Waals surface area contributed by atoms with E-state index >= 15 is 0 Å². The Kier molecular flexibility index (Phi) is 5.14. The maximum Gasteiger partial charge on any atom is 0.236 e. The average molecular weight is 415 g/mol. The van der Waals surface area contributed by atoms with Crippen LogP contribution in [0.1, 0.15) is 18.4 Å². The Morgan fingerprint density at radius 2 is 2.11 bits per heavy atom. The van der Waals surface area contributed by atoms with Crippen LogP contribution < -0.4 is 10.1 Å². The molecule has 10 heteroatoms. The number of nitrogens with zero attached hydrogens (tertiary/aromatic N) is 5. The summed E-state index contributed by atoms with van der Waals surface area (Å²) in [6, 6.07) is 7.56. The van der Waals surface area contributed by atoms with E-state index in [-0.39, 0.29) is 11.7 Å². The number of rotatable bonds is 6. The van der Waals surface area contributed by atoms with Gasteiger partial charge in [0.2, 0.25) is 5.91 Å². The van der Waals surface area contributed by atoms with Crippen LogP contribution >= 0.6 is 23.1 Å². The average Bonchev–Trinajstić information content (AvgIpc) is 3.23. The number of aromatic nitrogens is 5. The van der Waals surface area contributed by atoms with Gasteiger partial charge in [0.05, 0.1) is 22.6 Å². The molecule has 4 aromatic rings. The number of carbonyl (C=O) groups excluding carboxylic acids is 1. The topological polar surface area (TPSA) is 94.3 Å². The maximum absolute atomic E-state index is 12.4. The standard InChI is InChI=1S/C18H18N6O2S2/c1-4-26-12-5-6-13-14(8-12)28-17(20-13)21-16(25)9-27-18-23-22-15-7-10(2)19-11(3)24(15)18/h5-8H,4,9H2,1-3H3,(H,20,21,25). The van der Waals surface area contributed by atoms with Crippen LogP contribution in [-0.4, -0.2) is 42.8 Å². The van der Waals surface area contributed by atoms with Crippen LogP contribution in [0.25, 0.3) is 15.9 Å². The lowest BCUT2D eigenvalue weighted by molar-refractivity contribution is -0.113. The first-order chi connectivity index (χ1) is 13.5. The normalized spacial score (nSPS) is 11.2. The van der Waals surface area contributed by atoms with Gasteiger partial charge in [-0.3, -0.25) is 9.20 Å². The number of amides is 1. The highest BCUT2D eigenvalue weighted by molar-refractivity contribution is 7.99. The van der Waals surface area contributed by atoms with E-state index in [0.29, 0.717) is 16.9 Å². The second-order valence-corrected chi connectivity index (χ2v) is 8.01. The molecule has 0 aliphatic heterocycles. The highest BCUT2D eigenvalue weighted by Gasteiger charge is 2.13. The molecule has 1 aromatic carbocycles. The second-order valence-electron chi connectivity index (χ2n) is 6.04. The number of benzene rings is 1. The molecule has 0 saturated heterocycles. The lowest BCUT2D eigenvalue weighted by Gasteiger charge is -2.04. The summed E-state index contributed by atoms with van der Waals surface area (Å²) in [5, 5.41) is 12.4. The van der Waals surface area contributed by atoms with Crippen LogP contribution in [0.3, 0.4) is 0 Å². The number of hydrogen-bond acceptors (Lipinski definition) is 8. The molecule has 3 aromatic heterocycles. The molecule has 8 nitrogen and oxygen atoms in total. The smallest absolute Gasteiger partial charge is 0.236 e. The fraction of sp³-hybridized carbons (Fsp3) is 0.278. The molecule has 1 N–H and O–H groups in total. The van der Waals surface area contributed by atoms with Crippen molar-refractivity contribution >= 4 is 50.0 Å². The zero-order valence-corrected chi connectivity index (χ0v) is 17.2. The predicted molar refractivity (Wildman–Crippen MR) is 110 cm³/mol. The molecule has 4 rings (SSSR count). The molecule has 144 valence electrons. The summed E-state index contributed by atoms with van der Waals surface area (Å²) >= 11 is 2.73. The molecule has 0 aliphatic carbocycles. The number of anilines is 1. The van der Waals surface area contributed by atoms with Gasteiger partial charge in [-0.05, 0) is 39.0 Å². The Hall–Kier alpha value is -2.72. The van der Waals surface area contributed by atoms with Gasteiger partial charge in [0.15, 0.2) is 15.9 Å². The van der Waals surface area contributed by atoms with Crippen molar-refractivity contribution in [1.82, 2.24) is 24.6 Å². The predicted octanol–water partition coefficient (Wildman–Crippen LogP) is 3.48. The first-order valence-corrected chi connectivity index (χ1v) is 10.5. The number of aryl methyl sites for hydroxylation is 2. The minimum atomic E-state index is -0.149. The van der Waals surface area contributed by atoms with Crippen LogP contribution in [0, 0.1) is 13.8 Å².